The van der Waals surface area contributed by atoms with Crippen molar-refractivity contribution in [2.45, 2.75) is 58.8 Å². The minimum atomic E-state index is -0.0173. The van der Waals surface area contributed by atoms with Gasteiger partial charge in [0.2, 0.25) is 11.0 Å². The maximum Gasteiger partial charge on any atom is 0.226 e. The first-order chi connectivity index (χ1) is 10.8. The summed E-state index contributed by atoms with van der Waals surface area (Å²) in [5, 5.41) is 12.4. The summed E-state index contributed by atoms with van der Waals surface area (Å²) < 4.78 is 0. The first kappa shape index (κ1) is 17.6. The second-order valence-electron chi connectivity index (χ2n) is 7.10. The van der Waals surface area contributed by atoms with E-state index in [9.17, 15) is 4.79 Å². The minimum Gasteiger partial charge on any atom is -0.301 e. The van der Waals surface area contributed by atoms with Crippen molar-refractivity contribution in [3.63, 3.8) is 0 Å². The van der Waals surface area contributed by atoms with Gasteiger partial charge in [0.05, 0.1) is 0 Å². The van der Waals surface area contributed by atoms with Gasteiger partial charge in [0.1, 0.15) is 5.01 Å². The largest absolute Gasteiger partial charge is 0.301 e. The van der Waals surface area contributed by atoms with Crippen LogP contribution in [0.25, 0.3) is 0 Å². The molecule has 0 saturated heterocycles. The SMILES string of the molecule is CC(C)c1nnc(NC(=O)CCc2ccc(C(C)(C)C)cc2)s1. The minimum absolute atomic E-state index is 0.0173. The summed E-state index contributed by atoms with van der Waals surface area (Å²) in [7, 11) is 0. The Balaban J connectivity index is 1.86. The molecular weight excluding hydrogens is 306 g/mol. The predicted octanol–water partition coefficient (Wildman–Crippen LogP) is 4.53. The number of carbonyl (C=O) groups is 1. The van der Waals surface area contributed by atoms with Crippen LogP contribution in [0.4, 0.5) is 5.13 Å². The smallest absolute Gasteiger partial charge is 0.226 e. The highest BCUT2D eigenvalue weighted by Crippen LogP contribution is 2.23. The van der Waals surface area contributed by atoms with E-state index in [-0.39, 0.29) is 11.3 Å². The summed E-state index contributed by atoms with van der Waals surface area (Å²) in [6.45, 7) is 10.7. The van der Waals surface area contributed by atoms with Crippen molar-refractivity contribution in [2.75, 3.05) is 5.32 Å². The fourth-order valence-electron chi connectivity index (χ4n) is 2.13. The summed E-state index contributed by atoms with van der Waals surface area (Å²) in [5.74, 6) is 0.316. The molecule has 124 valence electrons. The number of nitrogens with one attached hydrogen (secondary N) is 1. The third-order valence-corrected chi connectivity index (χ3v) is 4.78. The molecule has 0 atom stereocenters. The van der Waals surface area contributed by atoms with Crippen LogP contribution in [0.5, 0.6) is 0 Å². The van der Waals surface area contributed by atoms with Gasteiger partial charge in [-0.3, -0.25) is 4.79 Å². The number of aromatic nitrogens is 2. The first-order valence-electron chi connectivity index (χ1n) is 7.98. The van der Waals surface area contributed by atoms with Crippen LogP contribution in [0.3, 0.4) is 0 Å². The van der Waals surface area contributed by atoms with Crippen LogP contribution in [0.15, 0.2) is 24.3 Å². The molecule has 1 heterocycles. The van der Waals surface area contributed by atoms with E-state index >= 15 is 0 Å². The molecule has 1 N–H and O–H groups in total. The number of hydrogen-bond donors (Lipinski definition) is 1. The van der Waals surface area contributed by atoms with Crippen LogP contribution in [-0.2, 0) is 16.6 Å². The molecule has 2 rings (SSSR count). The molecule has 0 saturated carbocycles. The summed E-state index contributed by atoms with van der Waals surface area (Å²) >= 11 is 1.44. The Morgan fingerprint density at radius 3 is 2.35 bits per heavy atom. The Hall–Kier alpha value is -1.75. The van der Waals surface area contributed by atoms with Crippen molar-refractivity contribution in [3.8, 4) is 0 Å². The van der Waals surface area contributed by atoms with Crippen LogP contribution in [0, 0.1) is 0 Å². The summed E-state index contributed by atoms with van der Waals surface area (Å²) in [6.07, 6.45) is 1.18. The number of hydrogen-bond acceptors (Lipinski definition) is 4. The maximum atomic E-state index is 12.0. The van der Waals surface area contributed by atoms with Crippen LogP contribution in [0.2, 0.25) is 0 Å². The lowest BCUT2D eigenvalue weighted by molar-refractivity contribution is -0.116. The standard InChI is InChI=1S/C18H25N3OS/c1-12(2)16-20-21-17(23-16)19-15(22)11-8-13-6-9-14(10-7-13)18(3,4)5/h6-7,9-10,12H,8,11H2,1-5H3,(H,19,21,22). The molecule has 0 aliphatic rings. The molecule has 0 bridgehead atoms. The number of rotatable bonds is 5. The van der Waals surface area contributed by atoms with Crippen LogP contribution < -0.4 is 5.32 Å². The van der Waals surface area contributed by atoms with E-state index in [2.05, 4.69) is 74.4 Å². The molecule has 1 amide bonds. The molecule has 0 aliphatic carbocycles. The van der Waals surface area contributed by atoms with Gasteiger partial charge in [0.25, 0.3) is 0 Å². The van der Waals surface area contributed by atoms with Crippen molar-refractivity contribution in [3.05, 3.63) is 40.4 Å². The number of aryl methyl sites for hydroxylation is 1. The fraction of sp³-hybridized carbons (Fsp3) is 0.500. The highest BCUT2D eigenvalue weighted by Gasteiger charge is 2.13. The molecule has 0 radical (unpaired) electrons. The highest BCUT2D eigenvalue weighted by atomic mass is 32.1. The lowest BCUT2D eigenvalue weighted by Gasteiger charge is -2.19. The molecule has 5 heteroatoms. The highest BCUT2D eigenvalue weighted by molar-refractivity contribution is 7.15. The Morgan fingerprint density at radius 1 is 1.17 bits per heavy atom. The molecule has 4 nitrogen and oxygen atoms in total. The summed E-state index contributed by atoms with van der Waals surface area (Å²) in [4.78, 5) is 12.0. The van der Waals surface area contributed by atoms with E-state index in [1.807, 2.05) is 0 Å². The molecule has 2 aromatic rings. The molecule has 1 aromatic carbocycles. The Labute approximate surface area is 142 Å². The maximum absolute atomic E-state index is 12.0. The normalized spacial score (nSPS) is 11.7. The van der Waals surface area contributed by atoms with Gasteiger partial charge >= 0.3 is 0 Å². The molecule has 0 unspecified atom stereocenters. The number of carbonyl (C=O) groups excluding carboxylic acids is 1. The van der Waals surface area contributed by atoms with Gasteiger partial charge in [-0.2, -0.15) is 0 Å². The Morgan fingerprint density at radius 2 is 1.83 bits per heavy atom. The zero-order valence-electron chi connectivity index (χ0n) is 14.5. The Kier molecular flexibility index (Phi) is 5.52. The molecule has 0 aliphatic heterocycles. The molecule has 0 fully saturated rings. The van der Waals surface area contributed by atoms with Crippen molar-refractivity contribution in [1.82, 2.24) is 10.2 Å². The third kappa shape index (κ3) is 5.13. The number of amides is 1. The zero-order chi connectivity index (χ0) is 17.0. The second kappa shape index (κ2) is 7.21. The van der Waals surface area contributed by atoms with Gasteiger partial charge in [-0.15, -0.1) is 10.2 Å². The monoisotopic (exact) mass is 331 g/mol. The third-order valence-electron chi connectivity index (χ3n) is 3.64. The fourth-order valence-corrected chi connectivity index (χ4v) is 2.89. The number of nitrogens with zero attached hydrogens (tertiary/aromatic N) is 2. The number of benzene rings is 1. The van der Waals surface area contributed by atoms with Crippen LogP contribution in [0.1, 0.15) is 63.1 Å². The van der Waals surface area contributed by atoms with E-state index in [1.165, 1.54) is 22.5 Å². The van der Waals surface area contributed by atoms with Crippen molar-refractivity contribution in [1.29, 1.82) is 0 Å². The predicted molar refractivity (Wildman–Crippen MR) is 96.1 cm³/mol. The van der Waals surface area contributed by atoms with Crippen molar-refractivity contribution < 1.29 is 4.79 Å². The van der Waals surface area contributed by atoms with E-state index in [1.54, 1.807) is 0 Å². The van der Waals surface area contributed by atoms with Gasteiger partial charge in [-0.1, -0.05) is 70.2 Å². The molecule has 0 spiro atoms. The zero-order valence-corrected chi connectivity index (χ0v) is 15.3. The van der Waals surface area contributed by atoms with Gasteiger partial charge in [0.15, 0.2) is 0 Å². The molecule has 23 heavy (non-hydrogen) atoms. The number of anilines is 1. The first-order valence-corrected chi connectivity index (χ1v) is 8.80. The summed E-state index contributed by atoms with van der Waals surface area (Å²) in [5.41, 5.74) is 2.64. The van der Waals surface area contributed by atoms with Crippen LogP contribution in [-0.4, -0.2) is 16.1 Å². The van der Waals surface area contributed by atoms with E-state index in [0.29, 0.717) is 17.5 Å². The summed E-state index contributed by atoms with van der Waals surface area (Å²) in [6, 6.07) is 8.51. The van der Waals surface area contributed by atoms with Gasteiger partial charge < -0.3 is 5.32 Å². The average Bonchev–Trinajstić information content (AvgIpc) is 2.93. The lowest BCUT2D eigenvalue weighted by atomic mass is 9.86. The second-order valence-corrected chi connectivity index (χ2v) is 8.10. The van der Waals surface area contributed by atoms with E-state index < -0.39 is 0 Å². The van der Waals surface area contributed by atoms with Crippen molar-refractivity contribution >= 4 is 22.4 Å². The molecular formula is C18H25N3OS. The average molecular weight is 331 g/mol. The van der Waals surface area contributed by atoms with E-state index in [4.69, 9.17) is 0 Å². The quantitative estimate of drug-likeness (QED) is 0.875. The lowest BCUT2D eigenvalue weighted by Crippen LogP contribution is -2.13. The topological polar surface area (TPSA) is 54.9 Å². The van der Waals surface area contributed by atoms with Gasteiger partial charge in [-0.25, -0.2) is 0 Å². The van der Waals surface area contributed by atoms with Crippen LogP contribution >= 0.6 is 11.3 Å². The van der Waals surface area contributed by atoms with Crippen molar-refractivity contribution in [2.24, 2.45) is 0 Å². The Bertz CT molecular complexity index is 654. The van der Waals surface area contributed by atoms with E-state index in [0.717, 1.165) is 11.4 Å². The molecule has 1 aromatic heterocycles. The van der Waals surface area contributed by atoms with Gasteiger partial charge in [0, 0.05) is 12.3 Å². The van der Waals surface area contributed by atoms with Gasteiger partial charge in [-0.05, 0) is 23.0 Å².